The van der Waals surface area contributed by atoms with Crippen molar-refractivity contribution >= 4 is 11.7 Å². The standard InChI is InChI=1S/C20H22F2N4O2/c1-11-7-14(8-12(2)17(11)28-20(21)22)19(27)26-9-15-16(10-26)23-13(3)24-18(15)25-5-4-6-25/h7-8,20H,4-6,9-10H2,1-3H3. The van der Waals surface area contributed by atoms with Crippen molar-refractivity contribution in [3.05, 3.63) is 45.9 Å². The average Bonchev–Trinajstić information content (AvgIpc) is 2.99. The highest BCUT2D eigenvalue weighted by Crippen LogP contribution is 2.33. The number of anilines is 1. The number of carbonyl (C=O) groups is 1. The van der Waals surface area contributed by atoms with Crippen LogP contribution in [-0.4, -0.2) is 40.5 Å². The summed E-state index contributed by atoms with van der Waals surface area (Å²) < 4.78 is 29.8. The van der Waals surface area contributed by atoms with E-state index in [2.05, 4.69) is 19.6 Å². The van der Waals surface area contributed by atoms with Crippen molar-refractivity contribution < 1.29 is 18.3 Å². The first-order valence-corrected chi connectivity index (χ1v) is 9.30. The van der Waals surface area contributed by atoms with Gasteiger partial charge < -0.3 is 14.5 Å². The van der Waals surface area contributed by atoms with Gasteiger partial charge in [-0.2, -0.15) is 8.78 Å². The Kier molecular flexibility index (Phi) is 4.64. The molecule has 28 heavy (non-hydrogen) atoms. The van der Waals surface area contributed by atoms with Crippen molar-refractivity contribution in [2.45, 2.75) is 46.9 Å². The summed E-state index contributed by atoms with van der Waals surface area (Å²) in [6.45, 7) is 5.12. The zero-order valence-electron chi connectivity index (χ0n) is 16.1. The highest BCUT2D eigenvalue weighted by atomic mass is 19.3. The van der Waals surface area contributed by atoms with Crippen molar-refractivity contribution in [2.75, 3.05) is 18.0 Å². The van der Waals surface area contributed by atoms with Gasteiger partial charge in [0.25, 0.3) is 5.91 Å². The molecule has 4 rings (SSSR count). The van der Waals surface area contributed by atoms with Crippen LogP contribution in [0.25, 0.3) is 0 Å². The first-order chi connectivity index (χ1) is 13.3. The number of benzene rings is 1. The Morgan fingerprint density at radius 2 is 1.79 bits per heavy atom. The molecule has 1 aromatic heterocycles. The maximum atomic E-state index is 13.1. The number of fused-ring (bicyclic) bond motifs is 1. The third-order valence-corrected chi connectivity index (χ3v) is 5.23. The normalized spacial score (nSPS) is 15.6. The molecule has 0 radical (unpaired) electrons. The van der Waals surface area contributed by atoms with Crippen molar-refractivity contribution in [3.8, 4) is 5.75 Å². The number of hydrogen-bond donors (Lipinski definition) is 0. The molecule has 0 bridgehead atoms. The molecule has 2 aromatic rings. The average molecular weight is 388 g/mol. The molecule has 3 heterocycles. The molecular weight excluding hydrogens is 366 g/mol. The molecule has 0 atom stereocenters. The van der Waals surface area contributed by atoms with Crippen LogP contribution in [0.2, 0.25) is 0 Å². The molecule has 0 unspecified atom stereocenters. The minimum atomic E-state index is -2.89. The van der Waals surface area contributed by atoms with Crippen molar-refractivity contribution in [1.29, 1.82) is 0 Å². The molecule has 8 heteroatoms. The molecule has 1 fully saturated rings. The predicted octanol–water partition coefficient (Wildman–Crippen LogP) is 3.37. The van der Waals surface area contributed by atoms with Crippen LogP contribution in [0.1, 0.15) is 45.0 Å². The van der Waals surface area contributed by atoms with Gasteiger partial charge in [0.2, 0.25) is 0 Å². The molecule has 1 saturated heterocycles. The molecule has 0 spiro atoms. The highest BCUT2D eigenvalue weighted by Gasteiger charge is 2.32. The number of carbonyl (C=O) groups excluding carboxylic acids is 1. The van der Waals surface area contributed by atoms with Gasteiger partial charge in [0.1, 0.15) is 17.4 Å². The fraction of sp³-hybridized carbons (Fsp3) is 0.450. The maximum Gasteiger partial charge on any atom is 0.387 e. The lowest BCUT2D eigenvalue weighted by Gasteiger charge is -2.33. The van der Waals surface area contributed by atoms with E-state index in [0.717, 1.165) is 36.6 Å². The fourth-order valence-corrected chi connectivity index (χ4v) is 3.82. The monoisotopic (exact) mass is 388 g/mol. The Morgan fingerprint density at radius 3 is 2.36 bits per heavy atom. The van der Waals surface area contributed by atoms with Crippen LogP contribution in [-0.2, 0) is 13.1 Å². The van der Waals surface area contributed by atoms with Gasteiger partial charge in [-0.1, -0.05) is 0 Å². The molecule has 1 amide bonds. The van der Waals surface area contributed by atoms with Crippen LogP contribution in [0, 0.1) is 20.8 Å². The summed E-state index contributed by atoms with van der Waals surface area (Å²) in [4.78, 5) is 26.1. The highest BCUT2D eigenvalue weighted by molar-refractivity contribution is 5.95. The van der Waals surface area contributed by atoms with Gasteiger partial charge in [0, 0.05) is 24.2 Å². The van der Waals surface area contributed by atoms with E-state index in [1.807, 2.05) is 6.92 Å². The van der Waals surface area contributed by atoms with Gasteiger partial charge in [-0.15, -0.1) is 0 Å². The van der Waals surface area contributed by atoms with E-state index in [1.165, 1.54) is 0 Å². The summed E-state index contributed by atoms with van der Waals surface area (Å²) >= 11 is 0. The van der Waals surface area contributed by atoms with E-state index >= 15 is 0 Å². The summed E-state index contributed by atoms with van der Waals surface area (Å²) in [6, 6.07) is 3.20. The quantitative estimate of drug-likeness (QED) is 0.804. The van der Waals surface area contributed by atoms with Crippen molar-refractivity contribution in [3.63, 3.8) is 0 Å². The van der Waals surface area contributed by atoms with Crippen LogP contribution in [0.15, 0.2) is 12.1 Å². The summed E-state index contributed by atoms with van der Waals surface area (Å²) in [5.41, 5.74) is 3.37. The number of halogens is 2. The number of aromatic nitrogens is 2. The van der Waals surface area contributed by atoms with E-state index in [4.69, 9.17) is 0 Å². The molecule has 0 saturated carbocycles. The minimum Gasteiger partial charge on any atom is -0.434 e. The second-order valence-corrected chi connectivity index (χ2v) is 7.34. The van der Waals surface area contributed by atoms with Gasteiger partial charge in [-0.3, -0.25) is 4.79 Å². The second kappa shape index (κ2) is 7.00. The van der Waals surface area contributed by atoms with E-state index in [1.54, 1.807) is 30.9 Å². The van der Waals surface area contributed by atoms with Gasteiger partial charge in [-0.25, -0.2) is 9.97 Å². The third-order valence-electron chi connectivity index (χ3n) is 5.23. The van der Waals surface area contributed by atoms with Crippen LogP contribution in [0.3, 0.4) is 0 Å². The summed E-state index contributed by atoms with van der Waals surface area (Å²) in [5.74, 6) is 1.60. The predicted molar refractivity (Wildman–Crippen MR) is 99.7 cm³/mol. The summed E-state index contributed by atoms with van der Waals surface area (Å²) in [7, 11) is 0. The smallest absolute Gasteiger partial charge is 0.387 e. The number of amides is 1. The molecule has 148 valence electrons. The molecular formula is C20H22F2N4O2. The van der Waals surface area contributed by atoms with Gasteiger partial charge >= 0.3 is 6.61 Å². The van der Waals surface area contributed by atoms with Crippen LogP contribution >= 0.6 is 0 Å². The van der Waals surface area contributed by atoms with Crippen LogP contribution in [0.4, 0.5) is 14.6 Å². The largest absolute Gasteiger partial charge is 0.434 e. The number of rotatable bonds is 4. The lowest BCUT2D eigenvalue weighted by Crippen LogP contribution is -2.38. The maximum absolute atomic E-state index is 13.1. The number of nitrogens with zero attached hydrogens (tertiary/aromatic N) is 4. The van der Waals surface area contributed by atoms with Gasteiger partial charge in [-0.05, 0) is 50.5 Å². The summed E-state index contributed by atoms with van der Waals surface area (Å²) in [6.07, 6.45) is 1.14. The number of hydrogen-bond acceptors (Lipinski definition) is 5. The Morgan fingerprint density at radius 1 is 1.11 bits per heavy atom. The first kappa shape index (κ1) is 18.6. The van der Waals surface area contributed by atoms with Crippen LogP contribution in [0.5, 0.6) is 5.75 Å². The van der Waals surface area contributed by atoms with E-state index in [-0.39, 0.29) is 11.7 Å². The van der Waals surface area contributed by atoms with E-state index in [0.29, 0.717) is 35.6 Å². The number of aryl methyl sites for hydroxylation is 3. The van der Waals surface area contributed by atoms with E-state index in [9.17, 15) is 13.6 Å². The summed E-state index contributed by atoms with van der Waals surface area (Å²) in [5, 5.41) is 0. The zero-order valence-corrected chi connectivity index (χ0v) is 16.1. The first-order valence-electron chi connectivity index (χ1n) is 9.30. The van der Waals surface area contributed by atoms with Gasteiger partial charge in [0.05, 0.1) is 18.8 Å². The molecule has 0 aliphatic carbocycles. The number of ether oxygens (including phenoxy) is 1. The van der Waals surface area contributed by atoms with Crippen LogP contribution < -0.4 is 9.64 Å². The molecule has 6 nitrogen and oxygen atoms in total. The molecule has 2 aliphatic rings. The Balaban J connectivity index is 1.60. The minimum absolute atomic E-state index is 0.123. The Hall–Kier alpha value is -2.77. The molecule has 0 N–H and O–H groups in total. The van der Waals surface area contributed by atoms with Crippen molar-refractivity contribution in [1.82, 2.24) is 14.9 Å². The lowest BCUT2D eigenvalue weighted by atomic mass is 10.0. The van der Waals surface area contributed by atoms with Gasteiger partial charge in [0.15, 0.2) is 0 Å². The topological polar surface area (TPSA) is 58.6 Å². The SMILES string of the molecule is Cc1nc2c(c(N3CCC3)n1)CN(C(=O)c1cc(C)c(OC(F)F)c(C)c1)C2. The second-order valence-electron chi connectivity index (χ2n) is 7.34. The molecule has 2 aliphatic heterocycles. The Bertz CT molecular complexity index is 921. The Labute approximate surface area is 162 Å². The van der Waals surface area contributed by atoms with E-state index < -0.39 is 6.61 Å². The third kappa shape index (κ3) is 3.27. The van der Waals surface area contributed by atoms with Crippen molar-refractivity contribution in [2.24, 2.45) is 0 Å². The lowest BCUT2D eigenvalue weighted by molar-refractivity contribution is -0.0507. The fourth-order valence-electron chi connectivity index (χ4n) is 3.82. The number of alkyl halides is 2. The molecule has 1 aromatic carbocycles. The zero-order chi connectivity index (χ0) is 20.0.